The van der Waals surface area contributed by atoms with Crippen LogP contribution in [0.5, 0.6) is 11.5 Å². The summed E-state index contributed by atoms with van der Waals surface area (Å²) in [5.74, 6) is -0.188. The van der Waals surface area contributed by atoms with Gasteiger partial charge in [0, 0.05) is 12.6 Å². The van der Waals surface area contributed by atoms with Crippen molar-refractivity contribution < 1.29 is 19.4 Å². The van der Waals surface area contributed by atoms with Crippen molar-refractivity contribution in [3.8, 4) is 11.5 Å². The van der Waals surface area contributed by atoms with Crippen LogP contribution >= 0.6 is 0 Å². The van der Waals surface area contributed by atoms with E-state index in [0.29, 0.717) is 24.5 Å². The molecular formula is C10H11BN2O5. The summed E-state index contributed by atoms with van der Waals surface area (Å²) < 4.78 is 11.3. The molecule has 7 nitrogen and oxygen atoms in total. The Bertz CT molecular complexity index is 523. The minimum atomic E-state index is -0.994. The van der Waals surface area contributed by atoms with Crippen molar-refractivity contribution >= 4 is 12.7 Å². The number of ether oxygens (including phenoxy) is 2. The molecule has 0 bridgehead atoms. The summed E-state index contributed by atoms with van der Waals surface area (Å²) in [6.45, 7) is 2.28. The number of hydrogen-bond donors (Lipinski definition) is 1. The third-order valence-electron chi connectivity index (χ3n) is 3.23. The zero-order chi connectivity index (χ0) is 12.9. The lowest BCUT2D eigenvalue weighted by Crippen LogP contribution is -2.69. The van der Waals surface area contributed by atoms with E-state index in [1.165, 1.54) is 18.2 Å². The second-order valence-electron chi connectivity index (χ2n) is 4.38. The lowest BCUT2D eigenvalue weighted by atomic mass is 9.79. The van der Waals surface area contributed by atoms with Crippen LogP contribution in [0.25, 0.3) is 0 Å². The number of benzene rings is 1. The lowest BCUT2D eigenvalue weighted by Gasteiger charge is -2.47. The number of nitrogens with zero attached hydrogens (tertiary/aromatic N) is 2. The average molecular weight is 250 g/mol. The molecule has 1 atom stereocenters. The maximum absolute atomic E-state index is 10.7. The van der Waals surface area contributed by atoms with Gasteiger partial charge in [-0.1, -0.05) is 0 Å². The zero-order valence-corrected chi connectivity index (χ0v) is 9.70. The summed E-state index contributed by atoms with van der Waals surface area (Å²) in [5, 5.41) is 20.3. The van der Waals surface area contributed by atoms with Crippen molar-refractivity contribution in [2.75, 3.05) is 6.54 Å². The quantitative estimate of drug-likeness (QED) is 0.475. The predicted octanol–water partition coefficient (Wildman–Crippen LogP) is 0.836. The molecule has 1 fully saturated rings. The minimum Gasteiger partial charge on any atom is -0.437 e. The number of nitro groups is 1. The van der Waals surface area contributed by atoms with E-state index in [-0.39, 0.29) is 5.69 Å². The minimum absolute atomic E-state index is 0.0441. The molecule has 2 heterocycles. The summed E-state index contributed by atoms with van der Waals surface area (Å²) in [6.07, 6.45) is 0.611. The summed E-state index contributed by atoms with van der Waals surface area (Å²) in [6, 6.07) is 4.22. The molecule has 0 aromatic heterocycles. The van der Waals surface area contributed by atoms with Crippen LogP contribution in [0.15, 0.2) is 18.2 Å². The van der Waals surface area contributed by atoms with E-state index >= 15 is 0 Å². The van der Waals surface area contributed by atoms with E-state index in [0.717, 1.165) is 0 Å². The molecule has 1 spiro atoms. The van der Waals surface area contributed by atoms with Gasteiger partial charge in [-0.2, -0.15) is 0 Å². The Labute approximate surface area is 103 Å². The Morgan fingerprint density at radius 1 is 1.50 bits per heavy atom. The first-order valence-electron chi connectivity index (χ1n) is 5.63. The fourth-order valence-corrected chi connectivity index (χ4v) is 2.25. The number of nitro benzene ring substituents is 1. The Hall–Kier alpha value is -1.80. The van der Waals surface area contributed by atoms with Gasteiger partial charge in [0.05, 0.1) is 17.4 Å². The van der Waals surface area contributed by atoms with Crippen molar-refractivity contribution in [2.45, 2.75) is 19.2 Å². The monoisotopic (exact) mass is 250 g/mol. The summed E-state index contributed by atoms with van der Waals surface area (Å²) in [5.41, 5.74) is -0.0441. The van der Waals surface area contributed by atoms with Gasteiger partial charge in [-0.05, 0) is 12.9 Å². The van der Waals surface area contributed by atoms with Crippen LogP contribution in [0.4, 0.5) is 5.69 Å². The maximum atomic E-state index is 10.7. The Kier molecular flexibility index (Phi) is 2.26. The highest BCUT2D eigenvalue weighted by Gasteiger charge is 2.56. The second kappa shape index (κ2) is 3.60. The molecule has 1 N–H and O–H groups in total. The van der Waals surface area contributed by atoms with Gasteiger partial charge in [0.25, 0.3) is 5.69 Å². The van der Waals surface area contributed by atoms with Gasteiger partial charge in [0.1, 0.15) is 0 Å². The standard InChI is InChI=1S/C10H11BN2O5/c1-11(14)12-5-4-10(12)17-8-3-2-7(13(15)16)6-9(8)18-10/h2-3,6,14H,4-5H2,1H3. The predicted molar refractivity (Wildman–Crippen MR) is 62.2 cm³/mol. The van der Waals surface area contributed by atoms with Gasteiger partial charge < -0.3 is 14.5 Å². The normalized spacial score (nSPS) is 25.0. The van der Waals surface area contributed by atoms with E-state index in [1.807, 2.05) is 0 Å². The highest BCUT2D eigenvalue weighted by Crippen LogP contribution is 2.47. The molecule has 2 aliphatic rings. The van der Waals surface area contributed by atoms with Crippen LogP contribution < -0.4 is 9.47 Å². The fourth-order valence-electron chi connectivity index (χ4n) is 2.25. The fraction of sp³-hybridized carbons (Fsp3) is 0.400. The SMILES string of the molecule is CB(O)N1CCC12Oc1ccc([N+](=O)[O-])cc1O2. The highest BCUT2D eigenvalue weighted by atomic mass is 16.8. The zero-order valence-electron chi connectivity index (χ0n) is 9.70. The van der Waals surface area contributed by atoms with E-state index in [1.54, 1.807) is 11.6 Å². The Morgan fingerprint density at radius 3 is 2.78 bits per heavy atom. The van der Waals surface area contributed by atoms with Crippen molar-refractivity contribution in [2.24, 2.45) is 0 Å². The van der Waals surface area contributed by atoms with Crippen LogP contribution in [-0.2, 0) is 0 Å². The van der Waals surface area contributed by atoms with Gasteiger partial charge in [-0.25, -0.2) is 4.81 Å². The first-order chi connectivity index (χ1) is 8.52. The first kappa shape index (κ1) is 11.3. The smallest absolute Gasteiger partial charge is 0.382 e. The largest absolute Gasteiger partial charge is 0.437 e. The Morgan fingerprint density at radius 2 is 2.22 bits per heavy atom. The van der Waals surface area contributed by atoms with E-state index in [2.05, 4.69) is 0 Å². The molecule has 1 aromatic rings. The number of hydrogen-bond acceptors (Lipinski definition) is 6. The molecule has 94 valence electrons. The van der Waals surface area contributed by atoms with E-state index < -0.39 is 17.9 Å². The van der Waals surface area contributed by atoms with Crippen LogP contribution in [-0.4, -0.2) is 34.3 Å². The number of rotatable bonds is 2. The molecule has 8 heteroatoms. The molecule has 18 heavy (non-hydrogen) atoms. The maximum Gasteiger partial charge on any atom is 0.382 e. The topological polar surface area (TPSA) is 85.1 Å². The third kappa shape index (κ3) is 1.46. The van der Waals surface area contributed by atoms with Crippen molar-refractivity contribution in [1.29, 1.82) is 0 Å². The summed E-state index contributed by atoms with van der Waals surface area (Å²) >= 11 is 0. The first-order valence-corrected chi connectivity index (χ1v) is 5.63. The molecule has 3 rings (SSSR count). The highest BCUT2D eigenvalue weighted by molar-refractivity contribution is 6.45. The average Bonchev–Trinajstić information content (AvgIpc) is 2.66. The molecule has 0 radical (unpaired) electrons. The van der Waals surface area contributed by atoms with Gasteiger partial charge >= 0.3 is 13.0 Å². The second-order valence-corrected chi connectivity index (χ2v) is 4.38. The molecule has 0 amide bonds. The van der Waals surface area contributed by atoms with Crippen LogP contribution in [0, 0.1) is 10.1 Å². The molecule has 0 aliphatic carbocycles. The molecular weight excluding hydrogens is 239 g/mol. The third-order valence-corrected chi connectivity index (χ3v) is 3.23. The Balaban J connectivity index is 1.90. The van der Waals surface area contributed by atoms with Crippen LogP contribution in [0.1, 0.15) is 6.42 Å². The van der Waals surface area contributed by atoms with Gasteiger partial charge in [0.2, 0.25) is 0 Å². The molecule has 1 unspecified atom stereocenters. The van der Waals surface area contributed by atoms with Gasteiger partial charge in [-0.15, -0.1) is 0 Å². The molecule has 1 saturated heterocycles. The number of non-ortho nitro benzene ring substituents is 1. The van der Waals surface area contributed by atoms with Crippen molar-refractivity contribution in [1.82, 2.24) is 4.81 Å². The molecule has 2 aliphatic heterocycles. The number of fused-ring (bicyclic) bond motifs is 1. The van der Waals surface area contributed by atoms with Crippen molar-refractivity contribution in [3.63, 3.8) is 0 Å². The van der Waals surface area contributed by atoms with Crippen LogP contribution in [0.2, 0.25) is 6.82 Å². The lowest BCUT2D eigenvalue weighted by molar-refractivity contribution is -0.384. The molecule has 0 saturated carbocycles. The van der Waals surface area contributed by atoms with E-state index in [4.69, 9.17) is 9.47 Å². The van der Waals surface area contributed by atoms with Gasteiger partial charge in [0.15, 0.2) is 11.5 Å². The van der Waals surface area contributed by atoms with Crippen LogP contribution in [0.3, 0.4) is 0 Å². The summed E-state index contributed by atoms with van der Waals surface area (Å²) in [7, 11) is -0.692. The van der Waals surface area contributed by atoms with E-state index in [9.17, 15) is 15.1 Å². The van der Waals surface area contributed by atoms with Crippen molar-refractivity contribution in [3.05, 3.63) is 28.3 Å². The summed E-state index contributed by atoms with van der Waals surface area (Å²) in [4.78, 5) is 11.8. The molecule has 1 aromatic carbocycles. The van der Waals surface area contributed by atoms with Gasteiger partial charge in [-0.3, -0.25) is 10.1 Å².